The van der Waals surface area contributed by atoms with E-state index >= 15 is 0 Å². The Morgan fingerprint density at radius 1 is 1.04 bits per heavy atom. The Labute approximate surface area is 261 Å². The van der Waals surface area contributed by atoms with Gasteiger partial charge in [-0.2, -0.15) is 0 Å². The first-order valence-electron chi connectivity index (χ1n) is 15.3. The molecule has 1 heterocycles. The number of nitrogens with zero attached hydrogens (tertiary/aromatic N) is 3. The van der Waals surface area contributed by atoms with E-state index in [0.29, 0.717) is 11.1 Å². The van der Waals surface area contributed by atoms with Gasteiger partial charge in [-0.05, 0) is 81.5 Å². The second-order valence-electron chi connectivity index (χ2n) is 13.2. The number of fused-ring (bicyclic) bond motifs is 3. The Kier molecular flexibility index (Phi) is 7.54. The normalized spacial score (nSPS) is 26.7. The lowest BCUT2D eigenvalue weighted by molar-refractivity contribution is -0.153. The number of anilines is 1. The summed E-state index contributed by atoms with van der Waals surface area (Å²) in [5.41, 5.74) is 5.53. The summed E-state index contributed by atoms with van der Waals surface area (Å²) in [7, 11) is 6.87. The van der Waals surface area contributed by atoms with Gasteiger partial charge in [-0.3, -0.25) is 24.2 Å². The standard InChI is InChI=1S/C34H40N4O7/c1-36(2)23-15-20(18-9-7-17(8-10-18)16-38-11-5-6-12-38)28(39)25-21(23)13-19-14-22-27(37(3)4)30(41)26(33(35)44)32(43)34(22,45)31(42)24(19)29(25)40/h7-10,15,19,22,27,39-40,43,45H,5-6,11-14,16H2,1-4H3,(H2,35,44)/t19-,22-,27+,34-/m0/s1. The number of nitrogens with two attached hydrogens (primary N) is 1. The molecule has 4 aliphatic rings. The number of likely N-dealkylation sites (N-methyl/N-ethyl adjacent to an activating group) is 1. The molecule has 3 aliphatic carbocycles. The van der Waals surface area contributed by atoms with Crippen LogP contribution in [0.2, 0.25) is 0 Å². The van der Waals surface area contributed by atoms with Crippen LogP contribution in [0.5, 0.6) is 5.75 Å². The van der Waals surface area contributed by atoms with Gasteiger partial charge in [0.1, 0.15) is 22.8 Å². The van der Waals surface area contributed by atoms with Crippen LogP contribution < -0.4 is 10.6 Å². The number of phenols is 1. The molecule has 2 aromatic rings. The maximum atomic E-state index is 14.2. The van der Waals surface area contributed by atoms with Crippen LogP contribution in [0, 0.1) is 11.8 Å². The van der Waals surface area contributed by atoms with Crippen LogP contribution in [-0.2, 0) is 27.3 Å². The minimum atomic E-state index is -2.67. The van der Waals surface area contributed by atoms with Crippen molar-refractivity contribution in [2.75, 3.05) is 46.2 Å². The summed E-state index contributed by atoms with van der Waals surface area (Å²) >= 11 is 0. The average Bonchev–Trinajstić information content (AvgIpc) is 3.48. The van der Waals surface area contributed by atoms with E-state index in [-0.39, 0.29) is 29.7 Å². The van der Waals surface area contributed by atoms with Crippen molar-refractivity contribution in [1.82, 2.24) is 9.80 Å². The van der Waals surface area contributed by atoms with Crippen molar-refractivity contribution < 1.29 is 34.8 Å². The van der Waals surface area contributed by atoms with Gasteiger partial charge in [0.15, 0.2) is 11.4 Å². The molecule has 1 saturated heterocycles. The highest BCUT2D eigenvalue weighted by molar-refractivity contribution is 6.24. The van der Waals surface area contributed by atoms with Gasteiger partial charge < -0.3 is 31.1 Å². The number of carbonyl (C=O) groups is 3. The van der Waals surface area contributed by atoms with Crippen LogP contribution >= 0.6 is 0 Å². The number of phenolic OH excluding ortho intramolecular Hbond substituents is 1. The summed E-state index contributed by atoms with van der Waals surface area (Å²) in [6.45, 7) is 3.00. The minimum Gasteiger partial charge on any atom is -0.508 e. The Morgan fingerprint density at radius 2 is 1.69 bits per heavy atom. The van der Waals surface area contributed by atoms with Crippen molar-refractivity contribution >= 4 is 28.9 Å². The van der Waals surface area contributed by atoms with E-state index in [1.165, 1.54) is 17.7 Å². The van der Waals surface area contributed by atoms with E-state index in [4.69, 9.17) is 5.73 Å². The van der Waals surface area contributed by atoms with Crippen molar-refractivity contribution in [2.24, 2.45) is 17.6 Å². The molecule has 45 heavy (non-hydrogen) atoms. The molecular formula is C34H40N4O7. The Morgan fingerprint density at radius 3 is 2.27 bits per heavy atom. The predicted octanol–water partition coefficient (Wildman–Crippen LogP) is 2.29. The quantitative estimate of drug-likeness (QED) is 0.304. The molecule has 0 radical (unpaired) electrons. The summed E-state index contributed by atoms with van der Waals surface area (Å²) in [4.78, 5) is 45.6. The maximum Gasteiger partial charge on any atom is 0.255 e. The number of hydrogen-bond acceptors (Lipinski definition) is 10. The second-order valence-corrected chi connectivity index (χ2v) is 13.2. The smallest absolute Gasteiger partial charge is 0.255 e. The monoisotopic (exact) mass is 616 g/mol. The lowest BCUT2D eigenvalue weighted by atomic mass is 9.57. The molecule has 1 saturated carbocycles. The number of carbonyl (C=O) groups excluding carboxylic acids is 3. The molecule has 2 fully saturated rings. The van der Waals surface area contributed by atoms with E-state index in [2.05, 4.69) is 4.90 Å². The predicted molar refractivity (Wildman–Crippen MR) is 169 cm³/mol. The number of aromatic hydroxyl groups is 1. The van der Waals surface area contributed by atoms with Crippen LogP contribution in [0.4, 0.5) is 5.69 Å². The number of benzene rings is 2. The van der Waals surface area contributed by atoms with Crippen molar-refractivity contribution in [2.45, 2.75) is 43.9 Å². The molecule has 0 unspecified atom stereocenters. The molecule has 2 aromatic carbocycles. The number of rotatable bonds is 6. The second kappa shape index (κ2) is 11.0. The maximum absolute atomic E-state index is 14.2. The summed E-state index contributed by atoms with van der Waals surface area (Å²) in [5.74, 6) is -6.63. The zero-order chi connectivity index (χ0) is 32.5. The van der Waals surface area contributed by atoms with Gasteiger partial charge in [0.25, 0.3) is 5.91 Å². The molecule has 1 amide bonds. The molecule has 6 rings (SSSR count). The van der Waals surface area contributed by atoms with E-state index in [9.17, 15) is 34.8 Å². The Balaban J connectivity index is 1.48. The summed E-state index contributed by atoms with van der Waals surface area (Å²) in [5, 5.41) is 46.5. The van der Waals surface area contributed by atoms with Crippen molar-refractivity contribution in [1.29, 1.82) is 0 Å². The third-order valence-corrected chi connectivity index (χ3v) is 10.0. The molecule has 0 aromatic heterocycles. The minimum absolute atomic E-state index is 0.0413. The largest absolute Gasteiger partial charge is 0.508 e. The lowest BCUT2D eigenvalue weighted by Gasteiger charge is -2.50. The summed E-state index contributed by atoms with van der Waals surface area (Å²) < 4.78 is 0. The van der Waals surface area contributed by atoms with E-state index < -0.39 is 58.0 Å². The van der Waals surface area contributed by atoms with Gasteiger partial charge >= 0.3 is 0 Å². The molecular weight excluding hydrogens is 576 g/mol. The van der Waals surface area contributed by atoms with Gasteiger partial charge in [-0.1, -0.05) is 24.3 Å². The average molecular weight is 617 g/mol. The fraction of sp³-hybridized carbons (Fsp3) is 0.441. The zero-order valence-corrected chi connectivity index (χ0v) is 26.0. The molecule has 238 valence electrons. The Hall–Kier alpha value is -4.19. The van der Waals surface area contributed by atoms with Crippen LogP contribution in [0.15, 0.2) is 47.2 Å². The first-order chi connectivity index (χ1) is 21.3. The van der Waals surface area contributed by atoms with Crippen LogP contribution in [-0.4, -0.2) is 101 Å². The van der Waals surface area contributed by atoms with Crippen LogP contribution in [0.1, 0.15) is 36.0 Å². The summed E-state index contributed by atoms with van der Waals surface area (Å²) in [6.07, 6.45) is 2.67. The van der Waals surface area contributed by atoms with Gasteiger partial charge in [-0.15, -0.1) is 0 Å². The number of likely N-dealkylation sites (tertiary alicyclic amines) is 1. The number of aliphatic hydroxyl groups is 3. The Bertz CT molecular complexity index is 1670. The molecule has 1 aliphatic heterocycles. The molecule has 11 nitrogen and oxygen atoms in total. The van der Waals surface area contributed by atoms with Crippen molar-refractivity contribution in [3.05, 3.63) is 63.9 Å². The van der Waals surface area contributed by atoms with Gasteiger partial charge in [0.2, 0.25) is 5.78 Å². The molecule has 6 N–H and O–H groups in total. The third-order valence-electron chi connectivity index (χ3n) is 10.0. The van der Waals surface area contributed by atoms with Crippen molar-refractivity contribution in [3.63, 3.8) is 0 Å². The van der Waals surface area contributed by atoms with Gasteiger partial charge in [0, 0.05) is 43.4 Å². The van der Waals surface area contributed by atoms with E-state index in [1.807, 2.05) is 49.3 Å². The highest BCUT2D eigenvalue weighted by atomic mass is 16.3. The number of Topliss-reactive ketones (excluding diaryl/α,β-unsaturated/α-hetero) is 2. The number of hydrogen-bond donors (Lipinski definition) is 5. The number of amides is 1. The first kappa shape index (κ1) is 30.8. The van der Waals surface area contributed by atoms with Crippen LogP contribution in [0.25, 0.3) is 16.9 Å². The lowest BCUT2D eigenvalue weighted by Crippen LogP contribution is -2.65. The van der Waals surface area contributed by atoms with Gasteiger partial charge in [-0.25, -0.2) is 0 Å². The number of primary amides is 1. The fourth-order valence-corrected chi connectivity index (χ4v) is 7.90. The SMILES string of the molecule is CN(C)c1cc(-c2ccc(CN3CCCC3)cc2)c(O)c2c1C[C@H]1C[C@H]3[C@@H](N(C)C)C(=O)C(C(N)=O)=C(O)[C@@]3(O)C(=O)C1=C2O. The van der Waals surface area contributed by atoms with Gasteiger partial charge in [0.05, 0.1) is 11.6 Å². The van der Waals surface area contributed by atoms with E-state index in [0.717, 1.165) is 36.4 Å². The highest BCUT2D eigenvalue weighted by Gasteiger charge is 2.64. The summed E-state index contributed by atoms with van der Waals surface area (Å²) in [6, 6.07) is 8.63. The molecule has 11 heteroatoms. The third kappa shape index (κ3) is 4.63. The molecule has 0 bridgehead atoms. The van der Waals surface area contributed by atoms with E-state index in [1.54, 1.807) is 14.1 Å². The molecule has 0 spiro atoms. The van der Waals surface area contributed by atoms with Crippen LogP contribution in [0.3, 0.4) is 0 Å². The topological polar surface area (TPSA) is 168 Å². The number of aliphatic hydroxyl groups excluding tert-OH is 2. The van der Waals surface area contributed by atoms with Crippen molar-refractivity contribution in [3.8, 4) is 16.9 Å². The highest BCUT2D eigenvalue weighted by Crippen LogP contribution is 2.55. The fourth-order valence-electron chi connectivity index (χ4n) is 7.90. The molecule has 4 atom stereocenters. The first-order valence-corrected chi connectivity index (χ1v) is 15.3. The zero-order valence-electron chi connectivity index (χ0n) is 26.0. The number of ketones is 2.